The van der Waals surface area contributed by atoms with Crippen molar-refractivity contribution in [3.05, 3.63) is 51.7 Å². The smallest absolute Gasteiger partial charge is 0.241 e. The number of nitrogens with zero attached hydrogens (tertiary/aromatic N) is 1. The molecule has 160 valence electrons. The standard InChI is InChI=1S/C21H32N4O2S2/c1-15(13-18-12-11-16(2)28-18)24-20(22-6)23-14-17-9-7-8-10-19(17)29(26,27)25-21(3,4)5/h7-12,15,25H,13-14H2,1-6H3,(H2,22,23,24). The second kappa shape index (κ2) is 9.73. The van der Waals surface area contributed by atoms with E-state index in [0.717, 1.165) is 6.42 Å². The van der Waals surface area contributed by atoms with E-state index in [1.807, 2.05) is 32.9 Å². The summed E-state index contributed by atoms with van der Waals surface area (Å²) in [6, 6.07) is 11.5. The third-order valence-electron chi connectivity index (χ3n) is 4.06. The maximum absolute atomic E-state index is 12.8. The second-order valence-corrected chi connectivity index (χ2v) is 11.2. The molecule has 6 nitrogen and oxygen atoms in total. The van der Waals surface area contributed by atoms with Gasteiger partial charge in [0.25, 0.3) is 0 Å². The summed E-state index contributed by atoms with van der Waals surface area (Å²) < 4.78 is 28.3. The molecule has 0 amide bonds. The van der Waals surface area contributed by atoms with Gasteiger partial charge in [-0.3, -0.25) is 4.99 Å². The maximum atomic E-state index is 12.8. The summed E-state index contributed by atoms with van der Waals surface area (Å²) in [4.78, 5) is 7.18. The van der Waals surface area contributed by atoms with Crippen LogP contribution in [0.5, 0.6) is 0 Å². The van der Waals surface area contributed by atoms with Crippen molar-refractivity contribution in [1.29, 1.82) is 0 Å². The van der Waals surface area contributed by atoms with Gasteiger partial charge in [-0.1, -0.05) is 18.2 Å². The van der Waals surface area contributed by atoms with Gasteiger partial charge < -0.3 is 10.6 Å². The van der Waals surface area contributed by atoms with E-state index < -0.39 is 15.6 Å². The van der Waals surface area contributed by atoms with Gasteiger partial charge in [0, 0.05) is 41.3 Å². The number of guanidine groups is 1. The second-order valence-electron chi connectivity index (χ2n) is 8.15. The number of benzene rings is 1. The monoisotopic (exact) mass is 436 g/mol. The Labute approximate surface area is 178 Å². The molecule has 0 aliphatic carbocycles. The fourth-order valence-electron chi connectivity index (χ4n) is 2.92. The minimum Gasteiger partial charge on any atom is -0.354 e. The normalized spacial score (nSPS) is 13.9. The van der Waals surface area contributed by atoms with Crippen molar-refractivity contribution in [2.75, 3.05) is 7.05 Å². The number of aliphatic imine (C=N–C) groups is 1. The Morgan fingerprint density at radius 2 is 1.86 bits per heavy atom. The van der Waals surface area contributed by atoms with E-state index in [9.17, 15) is 8.42 Å². The molecule has 0 spiro atoms. The SMILES string of the molecule is CN=C(NCc1ccccc1S(=O)(=O)NC(C)(C)C)NC(C)Cc1ccc(C)s1. The van der Waals surface area contributed by atoms with Crippen LogP contribution in [0, 0.1) is 6.92 Å². The van der Waals surface area contributed by atoms with Crippen molar-refractivity contribution in [2.24, 2.45) is 4.99 Å². The highest BCUT2D eigenvalue weighted by Gasteiger charge is 2.24. The Hall–Kier alpha value is -1.90. The van der Waals surface area contributed by atoms with Crippen molar-refractivity contribution in [2.45, 2.75) is 64.1 Å². The summed E-state index contributed by atoms with van der Waals surface area (Å²) >= 11 is 1.80. The summed E-state index contributed by atoms with van der Waals surface area (Å²) in [5.74, 6) is 0.641. The molecule has 1 heterocycles. The number of hydrogen-bond donors (Lipinski definition) is 3. The van der Waals surface area contributed by atoms with Crippen molar-refractivity contribution in [1.82, 2.24) is 15.4 Å². The fraction of sp³-hybridized carbons (Fsp3) is 0.476. The van der Waals surface area contributed by atoms with Crippen LogP contribution < -0.4 is 15.4 Å². The summed E-state index contributed by atoms with van der Waals surface area (Å²) in [7, 11) is -1.90. The van der Waals surface area contributed by atoms with Crippen LogP contribution in [-0.2, 0) is 23.0 Å². The average Bonchev–Trinajstić information content (AvgIpc) is 3.01. The number of aryl methyl sites for hydroxylation is 1. The zero-order valence-electron chi connectivity index (χ0n) is 18.0. The van der Waals surface area contributed by atoms with Crippen LogP contribution in [0.4, 0.5) is 0 Å². The third kappa shape index (κ3) is 7.45. The average molecular weight is 437 g/mol. The van der Waals surface area contributed by atoms with Crippen LogP contribution in [0.15, 0.2) is 46.3 Å². The van der Waals surface area contributed by atoms with Gasteiger partial charge in [0.2, 0.25) is 10.0 Å². The van der Waals surface area contributed by atoms with Gasteiger partial charge in [-0.2, -0.15) is 0 Å². The van der Waals surface area contributed by atoms with Crippen molar-refractivity contribution in [3.63, 3.8) is 0 Å². The number of sulfonamides is 1. The highest BCUT2D eigenvalue weighted by Crippen LogP contribution is 2.18. The van der Waals surface area contributed by atoms with Gasteiger partial charge >= 0.3 is 0 Å². The Morgan fingerprint density at radius 1 is 1.17 bits per heavy atom. The largest absolute Gasteiger partial charge is 0.354 e. The number of nitrogens with one attached hydrogen (secondary N) is 3. The predicted octanol–water partition coefficient (Wildman–Crippen LogP) is 3.43. The zero-order valence-corrected chi connectivity index (χ0v) is 19.7. The van der Waals surface area contributed by atoms with Crippen LogP contribution in [0.3, 0.4) is 0 Å². The number of hydrogen-bond acceptors (Lipinski definition) is 4. The molecule has 0 fully saturated rings. The quantitative estimate of drug-likeness (QED) is 0.459. The Morgan fingerprint density at radius 3 is 2.45 bits per heavy atom. The van der Waals surface area contributed by atoms with Gasteiger partial charge in [0.15, 0.2) is 5.96 Å². The lowest BCUT2D eigenvalue weighted by Crippen LogP contribution is -2.43. The molecule has 0 aliphatic rings. The minimum absolute atomic E-state index is 0.195. The molecule has 0 saturated carbocycles. The summed E-state index contributed by atoms with van der Waals surface area (Å²) in [6.45, 7) is 10.0. The van der Waals surface area contributed by atoms with E-state index in [2.05, 4.69) is 46.3 Å². The van der Waals surface area contributed by atoms with Gasteiger partial charge in [-0.25, -0.2) is 13.1 Å². The van der Waals surface area contributed by atoms with Crippen molar-refractivity contribution < 1.29 is 8.42 Å². The Balaban J connectivity index is 2.04. The Kier molecular flexibility index (Phi) is 7.85. The molecule has 2 aromatic rings. The molecule has 1 atom stereocenters. The van der Waals surface area contributed by atoms with Gasteiger partial charge in [0.1, 0.15) is 0 Å². The lowest BCUT2D eigenvalue weighted by atomic mass is 10.1. The van der Waals surface area contributed by atoms with Crippen LogP contribution in [0.2, 0.25) is 0 Å². The third-order valence-corrected chi connectivity index (χ3v) is 6.94. The number of thiophene rings is 1. The molecule has 1 unspecified atom stereocenters. The summed E-state index contributed by atoms with van der Waals surface area (Å²) in [6.07, 6.45) is 0.902. The molecule has 8 heteroatoms. The predicted molar refractivity (Wildman–Crippen MR) is 122 cm³/mol. The topological polar surface area (TPSA) is 82.6 Å². The maximum Gasteiger partial charge on any atom is 0.241 e. The first-order chi connectivity index (χ1) is 13.5. The highest BCUT2D eigenvalue weighted by atomic mass is 32.2. The molecule has 0 aliphatic heterocycles. The van der Waals surface area contributed by atoms with Gasteiger partial charge in [-0.05, 0) is 58.4 Å². The highest BCUT2D eigenvalue weighted by molar-refractivity contribution is 7.89. The minimum atomic E-state index is -3.61. The first-order valence-corrected chi connectivity index (χ1v) is 11.9. The van der Waals surface area contributed by atoms with Crippen molar-refractivity contribution in [3.8, 4) is 0 Å². The van der Waals surface area contributed by atoms with E-state index in [1.165, 1.54) is 9.75 Å². The molecule has 3 N–H and O–H groups in total. The van der Waals surface area contributed by atoms with E-state index in [-0.39, 0.29) is 10.9 Å². The Bertz CT molecular complexity index is 944. The van der Waals surface area contributed by atoms with Crippen LogP contribution in [0.25, 0.3) is 0 Å². The molecule has 0 bridgehead atoms. The molecular formula is C21H32N4O2S2. The van der Waals surface area contributed by atoms with Crippen molar-refractivity contribution >= 4 is 27.3 Å². The van der Waals surface area contributed by atoms with Gasteiger partial charge in [0.05, 0.1) is 4.90 Å². The molecule has 29 heavy (non-hydrogen) atoms. The van der Waals surface area contributed by atoms with E-state index in [4.69, 9.17) is 0 Å². The van der Waals surface area contributed by atoms with E-state index in [1.54, 1.807) is 30.5 Å². The fourth-order valence-corrected chi connectivity index (χ4v) is 5.60. The summed E-state index contributed by atoms with van der Waals surface area (Å²) in [5, 5.41) is 6.60. The van der Waals surface area contributed by atoms with Gasteiger partial charge in [-0.15, -0.1) is 11.3 Å². The molecule has 2 rings (SSSR count). The van der Waals surface area contributed by atoms with Crippen LogP contribution >= 0.6 is 11.3 Å². The lowest BCUT2D eigenvalue weighted by Gasteiger charge is -2.22. The first kappa shape index (κ1) is 23.4. The molecule has 0 radical (unpaired) electrons. The molecule has 1 aromatic carbocycles. The molecule has 1 aromatic heterocycles. The lowest BCUT2D eigenvalue weighted by molar-refractivity contribution is 0.491. The molecule has 0 saturated heterocycles. The summed E-state index contributed by atoms with van der Waals surface area (Å²) in [5.41, 5.74) is 0.140. The first-order valence-electron chi connectivity index (χ1n) is 9.64. The molecular weight excluding hydrogens is 404 g/mol. The van der Waals surface area contributed by atoms with E-state index >= 15 is 0 Å². The van der Waals surface area contributed by atoms with Crippen LogP contribution in [0.1, 0.15) is 43.0 Å². The zero-order chi connectivity index (χ0) is 21.7. The van der Waals surface area contributed by atoms with Crippen LogP contribution in [-0.4, -0.2) is 33.0 Å². The van der Waals surface area contributed by atoms with E-state index in [0.29, 0.717) is 18.1 Å². The number of rotatable bonds is 7.